The maximum Gasteiger partial charge on any atom is 0.251 e. The third kappa shape index (κ3) is 2.22. The van der Waals surface area contributed by atoms with Gasteiger partial charge in [0.15, 0.2) is 0 Å². The SMILES string of the molecule is Cc1cc(N)cc(NC2CC(=O)N(C)C2=O)c1. The summed E-state index contributed by atoms with van der Waals surface area (Å²) in [4.78, 5) is 24.2. The van der Waals surface area contributed by atoms with E-state index in [0.29, 0.717) is 5.69 Å². The number of rotatable bonds is 2. The molecule has 0 saturated carbocycles. The number of amides is 2. The van der Waals surface area contributed by atoms with Gasteiger partial charge in [0.1, 0.15) is 6.04 Å². The van der Waals surface area contributed by atoms with E-state index in [1.54, 1.807) is 6.07 Å². The third-order valence-electron chi connectivity index (χ3n) is 2.82. The lowest BCUT2D eigenvalue weighted by molar-refractivity contribution is -0.136. The van der Waals surface area contributed by atoms with Gasteiger partial charge in [-0.3, -0.25) is 14.5 Å². The molecular weight excluding hydrogens is 218 g/mol. The Labute approximate surface area is 99.6 Å². The number of aryl methyl sites for hydroxylation is 1. The molecule has 0 spiro atoms. The second kappa shape index (κ2) is 4.08. The predicted molar refractivity (Wildman–Crippen MR) is 65.4 cm³/mol. The lowest BCUT2D eigenvalue weighted by Crippen LogP contribution is -2.31. The van der Waals surface area contributed by atoms with Gasteiger partial charge in [-0.05, 0) is 30.7 Å². The number of anilines is 2. The van der Waals surface area contributed by atoms with Crippen LogP contribution in [0.3, 0.4) is 0 Å². The Morgan fingerprint density at radius 2 is 2.06 bits per heavy atom. The molecule has 1 aromatic carbocycles. The number of likely N-dealkylation sites (tertiary alicyclic amines) is 1. The molecule has 1 atom stereocenters. The Morgan fingerprint density at radius 1 is 1.35 bits per heavy atom. The number of likely N-dealkylation sites (N-methyl/N-ethyl adjacent to an activating group) is 1. The summed E-state index contributed by atoms with van der Waals surface area (Å²) in [6.07, 6.45) is 0.198. The Hall–Kier alpha value is -2.04. The van der Waals surface area contributed by atoms with E-state index < -0.39 is 6.04 Å². The maximum absolute atomic E-state index is 11.7. The van der Waals surface area contributed by atoms with Gasteiger partial charge in [0.05, 0.1) is 6.42 Å². The van der Waals surface area contributed by atoms with E-state index in [0.717, 1.165) is 16.2 Å². The minimum Gasteiger partial charge on any atom is -0.399 e. The number of benzene rings is 1. The number of nitrogens with two attached hydrogens (primary N) is 1. The monoisotopic (exact) mass is 233 g/mol. The Bertz CT molecular complexity index is 464. The molecule has 5 heteroatoms. The molecule has 1 aromatic rings. The highest BCUT2D eigenvalue weighted by Gasteiger charge is 2.35. The number of nitrogens with one attached hydrogen (secondary N) is 1. The van der Waals surface area contributed by atoms with Crippen LogP contribution in [0.1, 0.15) is 12.0 Å². The van der Waals surface area contributed by atoms with Gasteiger partial charge in [-0.1, -0.05) is 0 Å². The first kappa shape index (κ1) is 11.4. The van der Waals surface area contributed by atoms with Crippen LogP contribution in [0.25, 0.3) is 0 Å². The Balaban J connectivity index is 2.16. The molecule has 17 heavy (non-hydrogen) atoms. The fraction of sp³-hybridized carbons (Fsp3) is 0.333. The number of carbonyl (C=O) groups is 2. The summed E-state index contributed by atoms with van der Waals surface area (Å²) in [5.74, 6) is -0.358. The van der Waals surface area contributed by atoms with E-state index in [-0.39, 0.29) is 18.2 Å². The van der Waals surface area contributed by atoms with Crippen molar-refractivity contribution < 1.29 is 9.59 Å². The summed E-state index contributed by atoms with van der Waals surface area (Å²) in [7, 11) is 1.50. The van der Waals surface area contributed by atoms with Crippen molar-refractivity contribution >= 4 is 23.2 Å². The minimum atomic E-state index is -0.478. The molecule has 1 saturated heterocycles. The van der Waals surface area contributed by atoms with E-state index in [1.807, 2.05) is 19.1 Å². The largest absolute Gasteiger partial charge is 0.399 e. The first-order valence-corrected chi connectivity index (χ1v) is 5.41. The van der Waals surface area contributed by atoms with E-state index in [4.69, 9.17) is 5.73 Å². The number of nitrogens with zero attached hydrogens (tertiary/aromatic N) is 1. The molecule has 0 bridgehead atoms. The van der Waals surface area contributed by atoms with Crippen molar-refractivity contribution in [1.82, 2.24) is 4.90 Å². The van der Waals surface area contributed by atoms with Crippen LogP contribution in [-0.4, -0.2) is 29.8 Å². The fourth-order valence-electron chi connectivity index (χ4n) is 1.97. The molecule has 0 radical (unpaired) electrons. The molecule has 2 amide bonds. The van der Waals surface area contributed by atoms with Gasteiger partial charge in [0.2, 0.25) is 5.91 Å². The zero-order chi connectivity index (χ0) is 12.6. The van der Waals surface area contributed by atoms with Gasteiger partial charge >= 0.3 is 0 Å². The summed E-state index contributed by atoms with van der Waals surface area (Å²) in [5, 5.41) is 3.04. The van der Waals surface area contributed by atoms with Gasteiger partial charge in [0, 0.05) is 18.4 Å². The molecule has 5 nitrogen and oxygen atoms in total. The molecular formula is C12H15N3O2. The summed E-state index contributed by atoms with van der Waals surface area (Å²) in [6.45, 7) is 1.93. The molecule has 1 fully saturated rings. The quantitative estimate of drug-likeness (QED) is 0.583. The van der Waals surface area contributed by atoms with Crippen LogP contribution in [0, 0.1) is 6.92 Å². The highest BCUT2D eigenvalue weighted by Crippen LogP contribution is 2.20. The second-order valence-electron chi connectivity index (χ2n) is 4.32. The summed E-state index contributed by atoms with van der Waals surface area (Å²) in [6, 6.07) is 5.02. The maximum atomic E-state index is 11.7. The second-order valence-corrected chi connectivity index (χ2v) is 4.32. The average molecular weight is 233 g/mol. The van der Waals surface area contributed by atoms with Crippen molar-refractivity contribution in [2.45, 2.75) is 19.4 Å². The first-order valence-electron chi connectivity index (χ1n) is 5.41. The van der Waals surface area contributed by atoms with Gasteiger partial charge in [-0.2, -0.15) is 0 Å². The average Bonchev–Trinajstić information content (AvgIpc) is 2.45. The summed E-state index contributed by atoms with van der Waals surface area (Å²) < 4.78 is 0. The van der Waals surface area contributed by atoms with Crippen molar-refractivity contribution in [1.29, 1.82) is 0 Å². The fourth-order valence-corrected chi connectivity index (χ4v) is 1.97. The van der Waals surface area contributed by atoms with Crippen LogP contribution in [-0.2, 0) is 9.59 Å². The summed E-state index contributed by atoms with van der Waals surface area (Å²) in [5.41, 5.74) is 8.14. The molecule has 0 aliphatic carbocycles. The van der Waals surface area contributed by atoms with Crippen LogP contribution in [0.5, 0.6) is 0 Å². The molecule has 1 heterocycles. The van der Waals surface area contributed by atoms with Gasteiger partial charge in [0.25, 0.3) is 5.91 Å². The van der Waals surface area contributed by atoms with Crippen molar-refractivity contribution in [3.05, 3.63) is 23.8 Å². The molecule has 0 aromatic heterocycles. The molecule has 3 N–H and O–H groups in total. The highest BCUT2D eigenvalue weighted by molar-refractivity contribution is 6.06. The highest BCUT2D eigenvalue weighted by atomic mass is 16.2. The van der Waals surface area contributed by atoms with Crippen LogP contribution >= 0.6 is 0 Å². The standard InChI is InChI=1S/C12H15N3O2/c1-7-3-8(13)5-9(4-7)14-10-6-11(16)15(2)12(10)17/h3-5,10,14H,6,13H2,1-2H3. The van der Waals surface area contributed by atoms with Crippen LogP contribution in [0.15, 0.2) is 18.2 Å². The van der Waals surface area contributed by atoms with E-state index in [2.05, 4.69) is 5.32 Å². The molecule has 1 aliphatic rings. The van der Waals surface area contributed by atoms with Crippen molar-refractivity contribution in [3.8, 4) is 0 Å². The number of carbonyl (C=O) groups excluding carboxylic acids is 2. The van der Waals surface area contributed by atoms with Crippen LogP contribution < -0.4 is 11.1 Å². The Morgan fingerprint density at radius 3 is 2.59 bits per heavy atom. The molecule has 90 valence electrons. The van der Waals surface area contributed by atoms with Crippen LogP contribution in [0.2, 0.25) is 0 Å². The van der Waals surface area contributed by atoms with Crippen molar-refractivity contribution in [3.63, 3.8) is 0 Å². The van der Waals surface area contributed by atoms with E-state index in [9.17, 15) is 9.59 Å². The Kier molecular flexibility index (Phi) is 2.75. The van der Waals surface area contributed by atoms with Gasteiger partial charge < -0.3 is 11.1 Å². The zero-order valence-electron chi connectivity index (χ0n) is 9.86. The first-order chi connectivity index (χ1) is 7.97. The molecule has 1 unspecified atom stereocenters. The van der Waals surface area contributed by atoms with E-state index >= 15 is 0 Å². The van der Waals surface area contributed by atoms with Gasteiger partial charge in [-0.25, -0.2) is 0 Å². The van der Waals surface area contributed by atoms with Crippen molar-refractivity contribution in [2.24, 2.45) is 0 Å². The zero-order valence-corrected chi connectivity index (χ0v) is 9.86. The van der Waals surface area contributed by atoms with Crippen LogP contribution in [0.4, 0.5) is 11.4 Å². The molecule has 1 aliphatic heterocycles. The van der Waals surface area contributed by atoms with E-state index in [1.165, 1.54) is 7.05 Å². The van der Waals surface area contributed by atoms with Gasteiger partial charge in [-0.15, -0.1) is 0 Å². The lowest BCUT2D eigenvalue weighted by Gasteiger charge is -2.13. The lowest BCUT2D eigenvalue weighted by atomic mass is 10.1. The number of hydrogen-bond acceptors (Lipinski definition) is 4. The molecule has 2 rings (SSSR count). The smallest absolute Gasteiger partial charge is 0.251 e. The van der Waals surface area contributed by atoms with Crippen molar-refractivity contribution in [2.75, 3.05) is 18.1 Å². The number of nitrogen functional groups attached to an aromatic ring is 1. The summed E-state index contributed by atoms with van der Waals surface area (Å²) >= 11 is 0. The third-order valence-corrected chi connectivity index (χ3v) is 2.82. The normalized spacial score (nSPS) is 19.9. The number of hydrogen-bond donors (Lipinski definition) is 2. The number of imide groups is 1. The topological polar surface area (TPSA) is 75.4 Å². The minimum absolute atomic E-state index is 0.159. The predicted octanol–water partition coefficient (Wildman–Crippen LogP) is 0.746.